The fourth-order valence-electron chi connectivity index (χ4n) is 3.38. The van der Waals surface area contributed by atoms with Gasteiger partial charge in [-0.15, -0.1) is 0 Å². The SMILES string of the molecule is CCCCCCCC/C=C\CCCCCCCCC1CC(=O)OC1=O. The minimum absolute atomic E-state index is 0.163. The summed E-state index contributed by atoms with van der Waals surface area (Å²) in [6.45, 7) is 2.26. The first-order valence-corrected chi connectivity index (χ1v) is 10.6. The maximum atomic E-state index is 11.3. The highest BCUT2D eigenvalue weighted by molar-refractivity contribution is 5.94. The third-order valence-electron chi connectivity index (χ3n) is 5.03. The molecule has 0 aromatic heterocycles. The molecule has 0 aromatic carbocycles. The Morgan fingerprint density at radius 2 is 1.32 bits per heavy atom. The van der Waals surface area contributed by atoms with E-state index in [4.69, 9.17) is 0 Å². The van der Waals surface area contributed by atoms with Crippen LogP contribution >= 0.6 is 0 Å². The molecule has 0 saturated carbocycles. The number of carbonyl (C=O) groups excluding carboxylic acids is 2. The quantitative estimate of drug-likeness (QED) is 0.138. The van der Waals surface area contributed by atoms with Gasteiger partial charge in [-0.3, -0.25) is 9.59 Å². The number of cyclic esters (lactones) is 2. The number of allylic oxidation sites excluding steroid dienone is 2. The molecule has 0 amide bonds. The topological polar surface area (TPSA) is 43.4 Å². The lowest BCUT2D eigenvalue weighted by Crippen LogP contribution is -2.06. The van der Waals surface area contributed by atoms with Gasteiger partial charge < -0.3 is 4.74 Å². The maximum absolute atomic E-state index is 11.3. The average Bonchev–Trinajstić information content (AvgIpc) is 2.92. The standard InChI is InChI=1S/C22H38O3/c1-2-3-4-5-6-7-8-9-10-11-12-13-14-15-16-17-18-20-19-21(23)25-22(20)24/h9-10,20H,2-8,11-19H2,1H3/b10-9-. The van der Waals surface area contributed by atoms with Crippen LogP contribution in [0.1, 0.15) is 110 Å². The molecule has 3 nitrogen and oxygen atoms in total. The zero-order chi connectivity index (χ0) is 18.2. The third-order valence-corrected chi connectivity index (χ3v) is 5.03. The molecular formula is C22H38O3. The molecule has 0 radical (unpaired) electrons. The van der Waals surface area contributed by atoms with Crippen molar-refractivity contribution in [1.29, 1.82) is 0 Å². The van der Waals surface area contributed by atoms with E-state index in [-0.39, 0.29) is 17.9 Å². The molecule has 0 aromatic rings. The van der Waals surface area contributed by atoms with E-state index < -0.39 is 0 Å². The smallest absolute Gasteiger partial charge is 0.317 e. The van der Waals surface area contributed by atoms with Crippen LogP contribution in [0, 0.1) is 5.92 Å². The van der Waals surface area contributed by atoms with Crippen LogP contribution in [0.5, 0.6) is 0 Å². The summed E-state index contributed by atoms with van der Waals surface area (Å²) in [4.78, 5) is 22.3. The Morgan fingerprint density at radius 1 is 0.800 bits per heavy atom. The summed E-state index contributed by atoms with van der Waals surface area (Å²) in [5, 5.41) is 0. The molecule has 25 heavy (non-hydrogen) atoms. The lowest BCUT2D eigenvalue weighted by molar-refractivity contribution is -0.153. The number of hydrogen-bond acceptors (Lipinski definition) is 3. The van der Waals surface area contributed by atoms with E-state index in [1.165, 1.54) is 77.0 Å². The van der Waals surface area contributed by atoms with Gasteiger partial charge in [-0.25, -0.2) is 0 Å². The summed E-state index contributed by atoms with van der Waals surface area (Å²) < 4.78 is 4.57. The van der Waals surface area contributed by atoms with Gasteiger partial charge in [0.1, 0.15) is 0 Å². The molecule has 0 N–H and O–H groups in total. The minimum atomic E-state index is -0.348. The van der Waals surface area contributed by atoms with E-state index in [1.807, 2.05) is 0 Å². The monoisotopic (exact) mass is 350 g/mol. The van der Waals surface area contributed by atoms with E-state index >= 15 is 0 Å². The molecule has 0 bridgehead atoms. The first kappa shape index (κ1) is 21.9. The molecule has 144 valence electrons. The van der Waals surface area contributed by atoms with Crippen molar-refractivity contribution in [2.24, 2.45) is 5.92 Å². The number of unbranched alkanes of at least 4 members (excludes halogenated alkanes) is 12. The van der Waals surface area contributed by atoms with Crippen molar-refractivity contribution in [3.63, 3.8) is 0 Å². The molecular weight excluding hydrogens is 312 g/mol. The van der Waals surface area contributed by atoms with Crippen molar-refractivity contribution in [3.05, 3.63) is 12.2 Å². The van der Waals surface area contributed by atoms with E-state index in [0.29, 0.717) is 6.42 Å². The largest absolute Gasteiger partial charge is 0.393 e. The Labute approximate surface area is 154 Å². The fraction of sp³-hybridized carbons (Fsp3) is 0.818. The number of esters is 2. The Bertz CT molecular complexity index is 387. The highest BCUT2D eigenvalue weighted by atomic mass is 16.6. The molecule has 1 heterocycles. The van der Waals surface area contributed by atoms with Gasteiger partial charge in [0, 0.05) is 0 Å². The van der Waals surface area contributed by atoms with Crippen LogP contribution in [0.2, 0.25) is 0 Å². The molecule has 3 heteroatoms. The Morgan fingerprint density at radius 3 is 1.84 bits per heavy atom. The fourth-order valence-corrected chi connectivity index (χ4v) is 3.38. The highest BCUT2D eigenvalue weighted by Gasteiger charge is 2.32. The summed E-state index contributed by atoms with van der Waals surface area (Å²) in [7, 11) is 0. The second-order valence-corrected chi connectivity index (χ2v) is 7.42. The van der Waals surface area contributed by atoms with Gasteiger partial charge in [0.05, 0.1) is 12.3 Å². The van der Waals surface area contributed by atoms with Crippen LogP contribution in [0.4, 0.5) is 0 Å². The Hall–Kier alpha value is -1.12. The van der Waals surface area contributed by atoms with E-state index in [2.05, 4.69) is 23.8 Å². The molecule has 1 aliphatic heterocycles. The van der Waals surface area contributed by atoms with E-state index in [9.17, 15) is 9.59 Å². The minimum Gasteiger partial charge on any atom is -0.393 e. The molecule has 1 unspecified atom stereocenters. The van der Waals surface area contributed by atoms with Crippen LogP contribution in [-0.2, 0) is 14.3 Å². The molecule has 0 aliphatic carbocycles. The summed E-state index contributed by atoms with van der Waals surface area (Å²) in [6, 6.07) is 0. The first-order valence-electron chi connectivity index (χ1n) is 10.6. The van der Waals surface area contributed by atoms with Gasteiger partial charge in [-0.2, -0.15) is 0 Å². The predicted molar refractivity (Wildman–Crippen MR) is 103 cm³/mol. The molecule has 0 spiro atoms. The molecule has 1 rings (SSSR count). The Balaban J connectivity index is 1.78. The van der Waals surface area contributed by atoms with Crippen LogP contribution in [-0.4, -0.2) is 11.9 Å². The van der Waals surface area contributed by atoms with Crippen molar-refractivity contribution in [1.82, 2.24) is 0 Å². The lowest BCUT2D eigenvalue weighted by atomic mass is 9.99. The van der Waals surface area contributed by atoms with Crippen molar-refractivity contribution in [2.45, 2.75) is 110 Å². The van der Waals surface area contributed by atoms with E-state index in [1.54, 1.807) is 0 Å². The molecule has 1 saturated heterocycles. The van der Waals surface area contributed by atoms with Crippen LogP contribution in [0.15, 0.2) is 12.2 Å². The summed E-state index contributed by atoms with van der Waals surface area (Å²) >= 11 is 0. The zero-order valence-corrected chi connectivity index (χ0v) is 16.3. The highest BCUT2D eigenvalue weighted by Crippen LogP contribution is 2.22. The number of ether oxygens (including phenoxy) is 1. The Kier molecular flexibility index (Phi) is 13.3. The summed E-state index contributed by atoms with van der Waals surface area (Å²) in [6.07, 6.45) is 23.8. The summed E-state index contributed by atoms with van der Waals surface area (Å²) in [5.74, 6) is -0.818. The number of carbonyl (C=O) groups is 2. The first-order chi connectivity index (χ1) is 12.2. The van der Waals surface area contributed by atoms with E-state index in [0.717, 1.165) is 19.3 Å². The van der Waals surface area contributed by atoms with Crippen LogP contribution < -0.4 is 0 Å². The average molecular weight is 351 g/mol. The second-order valence-electron chi connectivity index (χ2n) is 7.42. The number of rotatable bonds is 16. The van der Waals surface area contributed by atoms with Crippen molar-refractivity contribution >= 4 is 11.9 Å². The van der Waals surface area contributed by atoms with Gasteiger partial charge in [-0.05, 0) is 32.1 Å². The van der Waals surface area contributed by atoms with Gasteiger partial charge in [0.2, 0.25) is 0 Å². The van der Waals surface area contributed by atoms with Crippen LogP contribution in [0.3, 0.4) is 0 Å². The van der Waals surface area contributed by atoms with Gasteiger partial charge >= 0.3 is 11.9 Å². The van der Waals surface area contributed by atoms with Gasteiger partial charge in [0.25, 0.3) is 0 Å². The van der Waals surface area contributed by atoms with Crippen LogP contribution in [0.25, 0.3) is 0 Å². The van der Waals surface area contributed by atoms with Crippen molar-refractivity contribution in [3.8, 4) is 0 Å². The molecule has 1 atom stereocenters. The van der Waals surface area contributed by atoms with Gasteiger partial charge in [0.15, 0.2) is 0 Å². The van der Waals surface area contributed by atoms with Crippen molar-refractivity contribution < 1.29 is 14.3 Å². The molecule has 1 aliphatic rings. The maximum Gasteiger partial charge on any atom is 0.317 e. The van der Waals surface area contributed by atoms with Gasteiger partial charge in [-0.1, -0.05) is 83.3 Å². The number of hydrogen-bond donors (Lipinski definition) is 0. The molecule has 1 fully saturated rings. The van der Waals surface area contributed by atoms with Crippen molar-refractivity contribution in [2.75, 3.05) is 0 Å². The normalized spacial score (nSPS) is 17.6. The summed E-state index contributed by atoms with van der Waals surface area (Å²) in [5.41, 5.74) is 0. The predicted octanol–water partition coefficient (Wildman–Crippen LogP) is 6.50. The second kappa shape index (κ2) is 15.2. The lowest BCUT2D eigenvalue weighted by Gasteiger charge is -2.04. The third kappa shape index (κ3) is 12.0. The zero-order valence-electron chi connectivity index (χ0n) is 16.3.